The zero-order chi connectivity index (χ0) is 17.0. The van der Waals surface area contributed by atoms with Gasteiger partial charge in [-0.25, -0.2) is 4.99 Å². The van der Waals surface area contributed by atoms with Gasteiger partial charge < -0.3 is 10.0 Å². The summed E-state index contributed by atoms with van der Waals surface area (Å²) in [6.07, 6.45) is 6.21. The second kappa shape index (κ2) is 7.20. The van der Waals surface area contributed by atoms with Crippen molar-refractivity contribution < 1.29 is 5.11 Å². The molecule has 1 aliphatic rings. The molecule has 0 amide bonds. The van der Waals surface area contributed by atoms with E-state index >= 15 is 0 Å². The fourth-order valence-corrected chi connectivity index (χ4v) is 3.91. The van der Waals surface area contributed by atoms with Crippen molar-refractivity contribution in [3.63, 3.8) is 0 Å². The van der Waals surface area contributed by atoms with Crippen LogP contribution in [-0.2, 0) is 12.1 Å². The lowest BCUT2D eigenvalue weighted by Crippen LogP contribution is -2.45. The number of thioether (sulfide) groups is 1. The van der Waals surface area contributed by atoms with Gasteiger partial charge in [0.2, 0.25) is 0 Å². The number of nitrogens with zero attached hydrogens (tertiary/aromatic N) is 3. The van der Waals surface area contributed by atoms with Crippen LogP contribution < -0.4 is 0 Å². The van der Waals surface area contributed by atoms with Gasteiger partial charge in [0, 0.05) is 18.3 Å². The Morgan fingerprint density at radius 1 is 1.38 bits per heavy atom. The topological polar surface area (TPSA) is 48.7 Å². The largest absolute Gasteiger partial charge is 0.366 e. The Morgan fingerprint density at radius 3 is 2.79 bits per heavy atom. The first-order valence-electron chi connectivity index (χ1n) is 7.99. The number of aryl methyl sites for hydroxylation is 1. The lowest BCUT2D eigenvalue weighted by Gasteiger charge is -2.34. The molecule has 0 aliphatic carbocycles. The van der Waals surface area contributed by atoms with Crippen LogP contribution in [0.4, 0.5) is 5.69 Å². The number of aliphatic imine (C=N–C) groups is 1. The van der Waals surface area contributed by atoms with Gasteiger partial charge in [-0.15, -0.1) is 6.58 Å². The molecule has 4 nitrogen and oxygen atoms in total. The van der Waals surface area contributed by atoms with Gasteiger partial charge in [0.05, 0.1) is 17.6 Å². The molecule has 24 heavy (non-hydrogen) atoms. The van der Waals surface area contributed by atoms with E-state index in [0.717, 1.165) is 22.8 Å². The smallest absolute Gasteiger partial charge is 0.175 e. The molecule has 0 spiro atoms. The molecule has 1 aromatic carbocycles. The summed E-state index contributed by atoms with van der Waals surface area (Å²) in [6.45, 7) is 6.47. The quantitative estimate of drug-likeness (QED) is 0.844. The van der Waals surface area contributed by atoms with Crippen molar-refractivity contribution in [3.8, 4) is 0 Å². The highest BCUT2D eigenvalue weighted by Crippen LogP contribution is 2.39. The fourth-order valence-electron chi connectivity index (χ4n) is 2.71. The second-order valence-electron chi connectivity index (χ2n) is 5.66. The van der Waals surface area contributed by atoms with Gasteiger partial charge in [-0.1, -0.05) is 49.0 Å². The molecule has 1 aliphatic heterocycles. The maximum Gasteiger partial charge on any atom is 0.175 e. The minimum atomic E-state index is -1.08. The Hall–Kier alpha value is -2.11. The number of amidine groups is 1. The normalized spacial score (nSPS) is 22.1. The molecule has 124 valence electrons. The molecule has 5 heteroatoms. The average Bonchev–Trinajstić information content (AvgIpc) is 2.94. The highest BCUT2D eigenvalue weighted by molar-refractivity contribution is 8.14. The molecule has 1 aromatic heterocycles. The van der Waals surface area contributed by atoms with E-state index in [4.69, 9.17) is 0 Å². The van der Waals surface area contributed by atoms with E-state index in [9.17, 15) is 5.11 Å². The molecule has 1 unspecified atom stereocenters. The predicted octanol–water partition coefficient (Wildman–Crippen LogP) is 3.71. The lowest BCUT2D eigenvalue weighted by atomic mass is 10.0. The first kappa shape index (κ1) is 16.7. The number of hydrogen-bond acceptors (Lipinski definition) is 4. The summed E-state index contributed by atoms with van der Waals surface area (Å²) >= 11 is 1.55. The van der Waals surface area contributed by atoms with Crippen molar-refractivity contribution in [1.82, 2.24) is 9.88 Å². The number of rotatable bonds is 5. The SMILES string of the molecule is C=CCN1C(=Nc2cccnc2)SCC1(O)c1ccc(CC)cc1. The molecule has 2 heterocycles. The molecule has 0 saturated carbocycles. The minimum absolute atomic E-state index is 0.526. The number of hydrogen-bond donors (Lipinski definition) is 1. The molecule has 0 radical (unpaired) electrons. The number of benzene rings is 1. The summed E-state index contributed by atoms with van der Waals surface area (Å²) in [7, 11) is 0. The molecular weight excluding hydrogens is 318 g/mol. The minimum Gasteiger partial charge on any atom is -0.366 e. The number of pyridine rings is 1. The van der Waals surface area contributed by atoms with Crippen LogP contribution in [0, 0.1) is 0 Å². The number of aromatic nitrogens is 1. The molecule has 1 fully saturated rings. The van der Waals surface area contributed by atoms with Gasteiger partial charge in [-0.3, -0.25) is 4.98 Å². The standard InChI is InChI=1S/C19H21N3OS/c1-3-12-22-18(21-17-6-5-11-20-13-17)24-14-19(22,23)16-9-7-15(4-2)8-10-16/h3,5-11,13,23H,1,4,12,14H2,2H3. The maximum absolute atomic E-state index is 11.3. The van der Waals surface area contributed by atoms with E-state index in [1.165, 1.54) is 5.56 Å². The Bertz CT molecular complexity index is 730. The molecule has 3 rings (SSSR count). The lowest BCUT2D eigenvalue weighted by molar-refractivity contribution is -0.0422. The van der Waals surface area contributed by atoms with Crippen LogP contribution in [0.25, 0.3) is 0 Å². The van der Waals surface area contributed by atoms with Gasteiger partial charge >= 0.3 is 0 Å². The molecule has 2 aromatic rings. The highest BCUT2D eigenvalue weighted by Gasteiger charge is 2.44. The zero-order valence-corrected chi connectivity index (χ0v) is 14.5. The van der Waals surface area contributed by atoms with E-state index in [1.54, 1.807) is 30.2 Å². The molecule has 1 saturated heterocycles. The summed E-state index contributed by atoms with van der Waals surface area (Å²) in [5.41, 5.74) is 1.84. The van der Waals surface area contributed by atoms with Gasteiger partial charge in [-0.2, -0.15) is 0 Å². The van der Waals surface area contributed by atoms with Crippen molar-refractivity contribution in [2.45, 2.75) is 19.1 Å². The Morgan fingerprint density at radius 2 is 2.17 bits per heavy atom. The molecule has 0 bridgehead atoms. The summed E-state index contributed by atoms with van der Waals surface area (Å²) in [5.74, 6) is 0.533. The highest BCUT2D eigenvalue weighted by atomic mass is 32.2. The van der Waals surface area contributed by atoms with Crippen LogP contribution in [0.5, 0.6) is 0 Å². The second-order valence-corrected chi connectivity index (χ2v) is 6.60. The Labute approximate surface area is 147 Å². The molecule has 1 N–H and O–H groups in total. The average molecular weight is 339 g/mol. The van der Waals surface area contributed by atoms with E-state index in [2.05, 4.69) is 35.6 Å². The van der Waals surface area contributed by atoms with E-state index in [1.807, 2.05) is 29.2 Å². The molecular formula is C19H21N3OS. The number of aliphatic hydroxyl groups is 1. The summed E-state index contributed by atoms with van der Waals surface area (Å²) in [6, 6.07) is 11.9. The van der Waals surface area contributed by atoms with Gasteiger partial charge in [-0.05, 0) is 24.1 Å². The van der Waals surface area contributed by atoms with Crippen LogP contribution in [-0.4, -0.2) is 32.5 Å². The van der Waals surface area contributed by atoms with E-state index in [0.29, 0.717) is 12.3 Å². The van der Waals surface area contributed by atoms with Gasteiger partial charge in [0.15, 0.2) is 10.9 Å². The monoisotopic (exact) mass is 339 g/mol. The van der Waals surface area contributed by atoms with Crippen LogP contribution in [0.3, 0.4) is 0 Å². The van der Waals surface area contributed by atoms with Crippen LogP contribution in [0.1, 0.15) is 18.1 Å². The summed E-state index contributed by atoms with van der Waals surface area (Å²) in [5, 5.41) is 12.1. The Kier molecular flexibility index (Phi) is 5.02. The van der Waals surface area contributed by atoms with Gasteiger partial charge in [0.25, 0.3) is 0 Å². The van der Waals surface area contributed by atoms with Crippen LogP contribution in [0.15, 0.2) is 66.4 Å². The first-order valence-corrected chi connectivity index (χ1v) is 8.98. The maximum atomic E-state index is 11.3. The van der Waals surface area contributed by atoms with Crippen molar-refractivity contribution >= 4 is 22.6 Å². The van der Waals surface area contributed by atoms with Crippen molar-refractivity contribution in [1.29, 1.82) is 0 Å². The van der Waals surface area contributed by atoms with Crippen molar-refractivity contribution in [2.24, 2.45) is 4.99 Å². The summed E-state index contributed by atoms with van der Waals surface area (Å²) < 4.78 is 0. The third-order valence-electron chi connectivity index (χ3n) is 4.09. The van der Waals surface area contributed by atoms with Crippen molar-refractivity contribution in [2.75, 3.05) is 12.3 Å². The van der Waals surface area contributed by atoms with Crippen molar-refractivity contribution in [3.05, 3.63) is 72.6 Å². The van der Waals surface area contributed by atoms with Crippen LogP contribution >= 0.6 is 11.8 Å². The Balaban J connectivity index is 1.95. The van der Waals surface area contributed by atoms with E-state index in [-0.39, 0.29) is 0 Å². The predicted molar refractivity (Wildman–Crippen MR) is 100 cm³/mol. The third kappa shape index (κ3) is 3.23. The zero-order valence-electron chi connectivity index (χ0n) is 13.7. The van der Waals surface area contributed by atoms with Gasteiger partial charge in [0.1, 0.15) is 0 Å². The fraction of sp³-hybridized carbons (Fsp3) is 0.263. The first-order chi connectivity index (χ1) is 11.7. The third-order valence-corrected chi connectivity index (χ3v) is 5.20. The summed E-state index contributed by atoms with van der Waals surface area (Å²) in [4.78, 5) is 10.6. The van der Waals surface area contributed by atoms with Crippen LogP contribution in [0.2, 0.25) is 0 Å². The van der Waals surface area contributed by atoms with E-state index < -0.39 is 5.72 Å². The molecule has 1 atom stereocenters.